The SMILES string of the molecule is C1CC2(C1)CCN(CC1CO1)C2. The fraction of sp³-hybridized carbons (Fsp3) is 1.00. The number of rotatable bonds is 2. The average molecular weight is 167 g/mol. The van der Waals surface area contributed by atoms with Crippen molar-refractivity contribution in [3.63, 3.8) is 0 Å². The first-order chi connectivity index (χ1) is 5.86. The van der Waals surface area contributed by atoms with Gasteiger partial charge in [-0.3, -0.25) is 0 Å². The third kappa shape index (κ3) is 1.17. The molecule has 12 heavy (non-hydrogen) atoms. The standard InChI is InChI=1S/C10H17NO/c1-2-10(3-1)4-5-11(8-10)6-9-7-12-9/h9H,1-8H2. The van der Waals surface area contributed by atoms with Crippen molar-refractivity contribution in [3.05, 3.63) is 0 Å². The summed E-state index contributed by atoms with van der Waals surface area (Å²) in [7, 11) is 0. The Morgan fingerprint density at radius 2 is 2.17 bits per heavy atom. The van der Waals surface area contributed by atoms with Crippen LogP contribution >= 0.6 is 0 Å². The third-order valence-electron chi connectivity index (χ3n) is 3.80. The molecule has 68 valence electrons. The molecule has 0 bridgehead atoms. The minimum atomic E-state index is 0.597. The van der Waals surface area contributed by atoms with E-state index in [4.69, 9.17) is 4.74 Å². The van der Waals surface area contributed by atoms with Gasteiger partial charge >= 0.3 is 0 Å². The van der Waals surface area contributed by atoms with E-state index in [0.29, 0.717) is 6.10 Å². The summed E-state index contributed by atoms with van der Waals surface area (Å²) in [6.07, 6.45) is 6.53. The lowest BCUT2D eigenvalue weighted by Gasteiger charge is -2.38. The largest absolute Gasteiger partial charge is 0.372 e. The quantitative estimate of drug-likeness (QED) is 0.575. The van der Waals surface area contributed by atoms with Crippen LogP contribution in [0.15, 0.2) is 0 Å². The zero-order chi connectivity index (χ0) is 8.02. The fourth-order valence-electron chi connectivity index (χ4n) is 2.73. The summed E-state index contributed by atoms with van der Waals surface area (Å²) in [5.74, 6) is 0. The number of epoxide rings is 1. The van der Waals surface area contributed by atoms with Crippen LogP contribution in [0.1, 0.15) is 25.7 Å². The van der Waals surface area contributed by atoms with Crippen LogP contribution in [0.3, 0.4) is 0 Å². The van der Waals surface area contributed by atoms with Crippen molar-refractivity contribution < 1.29 is 4.74 Å². The molecule has 1 unspecified atom stereocenters. The molecule has 1 saturated carbocycles. The van der Waals surface area contributed by atoms with E-state index in [1.807, 2.05) is 0 Å². The van der Waals surface area contributed by atoms with Gasteiger partial charge in [0.05, 0.1) is 12.7 Å². The number of ether oxygens (including phenoxy) is 1. The summed E-state index contributed by atoms with van der Waals surface area (Å²) >= 11 is 0. The molecule has 2 heteroatoms. The maximum absolute atomic E-state index is 5.25. The van der Waals surface area contributed by atoms with Crippen LogP contribution < -0.4 is 0 Å². The van der Waals surface area contributed by atoms with E-state index < -0.39 is 0 Å². The van der Waals surface area contributed by atoms with Gasteiger partial charge in [0.15, 0.2) is 0 Å². The van der Waals surface area contributed by atoms with Crippen molar-refractivity contribution in [2.45, 2.75) is 31.8 Å². The second kappa shape index (κ2) is 2.46. The molecule has 3 rings (SSSR count). The van der Waals surface area contributed by atoms with Crippen LogP contribution in [0.5, 0.6) is 0 Å². The van der Waals surface area contributed by atoms with Gasteiger partial charge in [0.25, 0.3) is 0 Å². The van der Waals surface area contributed by atoms with E-state index in [1.165, 1.54) is 45.3 Å². The van der Waals surface area contributed by atoms with E-state index >= 15 is 0 Å². The lowest BCUT2D eigenvalue weighted by atomic mass is 9.68. The Morgan fingerprint density at radius 1 is 1.33 bits per heavy atom. The Morgan fingerprint density at radius 3 is 2.67 bits per heavy atom. The van der Waals surface area contributed by atoms with Gasteiger partial charge in [-0.15, -0.1) is 0 Å². The predicted molar refractivity (Wildman–Crippen MR) is 47.1 cm³/mol. The van der Waals surface area contributed by atoms with Crippen LogP contribution in [-0.4, -0.2) is 37.2 Å². The summed E-state index contributed by atoms with van der Waals surface area (Å²) in [6.45, 7) is 4.93. The minimum Gasteiger partial charge on any atom is -0.372 e. The number of hydrogen-bond acceptors (Lipinski definition) is 2. The number of nitrogens with zero attached hydrogens (tertiary/aromatic N) is 1. The smallest absolute Gasteiger partial charge is 0.0936 e. The van der Waals surface area contributed by atoms with Gasteiger partial charge in [-0.05, 0) is 31.2 Å². The van der Waals surface area contributed by atoms with Gasteiger partial charge in [-0.25, -0.2) is 0 Å². The van der Waals surface area contributed by atoms with Gasteiger partial charge in [0.1, 0.15) is 0 Å². The molecular formula is C10H17NO. The molecule has 0 N–H and O–H groups in total. The highest BCUT2D eigenvalue weighted by atomic mass is 16.6. The Kier molecular flexibility index (Phi) is 1.50. The highest BCUT2D eigenvalue weighted by Crippen LogP contribution is 2.48. The molecule has 0 aromatic heterocycles. The van der Waals surface area contributed by atoms with Crippen molar-refractivity contribution in [1.82, 2.24) is 4.90 Å². The molecule has 1 spiro atoms. The third-order valence-corrected chi connectivity index (χ3v) is 3.80. The lowest BCUT2D eigenvalue weighted by molar-refractivity contribution is 0.136. The van der Waals surface area contributed by atoms with Crippen molar-refractivity contribution in [2.24, 2.45) is 5.41 Å². The van der Waals surface area contributed by atoms with Crippen molar-refractivity contribution in [2.75, 3.05) is 26.2 Å². The Labute approximate surface area is 73.9 Å². The molecule has 3 fully saturated rings. The molecule has 1 aliphatic carbocycles. The number of likely N-dealkylation sites (tertiary alicyclic amines) is 1. The maximum Gasteiger partial charge on any atom is 0.0936 e. The lowest BCUT2D eigenvalue weighted by Crippen LogP contribution is -2.34. The van der Waals surface area contributed by atoms with Crippen LogP contribution in [-0.2, 0) is 4.74 Å². The normalized spacial score (nSPS) is 38.5. The van der Waals surface area contributed by atoms with Gasteiger partial charge < -0.3 is 9.64 Å². The van der Waals surface area contributed by atoms with Crippen LogP contribution in [0.2, 0.25) is 0 Å². The topological polar surface area (TPSA) is 15.8 Å². The highest BCUT2D eigenvalue weighted by Gasteiger charge is 2.43. The Balaban J connectivity index is 1.55. The monoisotopic (exact) mass is 167 g/mol. The first-order valence-corrected chi connectivity index (χ1v) is 5.20. The van der Waals surface area contributed by atoms with E-state index in [1.54, 1.807) is 0 Å². The molecule has 0 aromatic rings. The molecule has 0 radical (unpaired) electrons. The van der Waals surface area contributed by atoms with Gasteiger partial charge in [-0.1, -0.05) is 6.42 Å². The fourth-order valence-corrected chi connectivity index (χ4v) is 2.73. The van der Waals surface area contributed by atoms with Gasteiger partial charge in [0, 0.05) is 13.1 Å². The van der Waals surface area contributed by atoms with E-state index in [9.17, 15) is 0 Å². The molecule has 3 aliphatic rings. The van der Waals surface area contributed by atoms with Crippen LogP contribution in [0, 0.1) is 5.41 Å². The molecule has 1 atom stereocenters. The summed E-state index contributed by atoms with van der Waals surface area (Å²) in [5.41, 5.74) is 0.773. The van der Waals surface area contributed by atoms with E-state index in [2.05, 4.69) is 4.90 Å². The molecule has 2 saturated heterocycles. The Bertz CT molecular complexity index is 184. The van der Waals surface area contributed by atoms with Crippen molar-refractivity contribution >= 4 is 0 Å². The molecular weight excluding hydrogens is 150 g/mol. The van der Waals surface area contributed by atoms with Crippen LogP contribution in [0.4, 0.5) is 0 Å². The minimum absolute atomic E-state index is 0.597. The molecule has 2 heterocycles. The zero-order valence-corrected chi connectivity index (χ0v) is 7.59. The van der Waals surface area contributed by atoms with Crippen molar-refractivity contribution in [3.8, 4) is 0 Å². The predicted octanol–water partition coefficient (Wildman–Crippen LogP) is 1.26. The summed E-state index contributed by atoms with van der Waals surface area (Å²) in [6, 6.07) is 0. The van der Waals surface area contributed by atoms with E-state index in [-0.39, 0.29) is 0 Å². The first kappa shape index (κ1) is 7.34. The number of hydrogen-bond donors (Lipinski definition) is 0. The molecule has 2 aliphatic heterocycles. The zero-order valence-electron chi connectivity index (χ0n) is 7.59. The van der Waals surface area contributed by atoms with E-state index in [0.717, 1.165) is 12.0 Å². The molecule has 0 aromatic carbocycles. The average Bonchev–Trinajstić information content (AvgIpc) is 2.65. The maximum atomic E-state index is 5.25. The first-order valence-electron chi connectivity index (χ1n) is 5.20. The molecule has 2 nitrogen and oxygen atoms in total. The summed E-state index contributed by atoms with van der Waals surface area (Å²) in [5, 5.41) is 0. The van der Waals surface area contributed by atoms with Crippen LogP contribution in [0.25, 0.3) is 0 Å². The highest BCUT2D eigenvalue weighted by molar-refractivity contribution is 4.96. The summed E-state index contributed by atoms with van der Waals surface area (Å²) < 4.78 is 5.25. The van der Waals surface area contributed by atoms with Gasteiger partial charge in [0.2, 0.25) is 0 Å². The second-order valence-electron chi connectivity index (χ2n) is 4.79. The second-order valence-corrected chi connectivity index (χ2v) is 4.79. The summed E-state index contributed by atoms with van der Waals surface area (Å²) in [4.78, 5) is 2.61. The van der Waals surface area contributed by atoms with Gasteiger partial charge in [-0.2, -0.15) is 0 Å². The van der Waals surface area contributed by atoms with Crippen molar-refractivity contribution in [1.29, 1.82) is 0 Å². The molecule has 0 amide bonds. The Hall–Kier alpha value is -0.0800.